The molecule has 1 unspecified atom stereocenters. The Morgan fingerprint density at radius 1 is 1.27 bits per heavy atom. The maximum absolute atomic E-state index is 10.7. The van der Waals surface area contributed by atoms with E-state index in [-0.39, 0.29) is 0 Å². The first kappa shape index (κ1) is 8.47. The second kappa shape index (κ2) is 4.29. The van der Waals surface area contributed by atoms with E-state index in [0.29, 0.717) is 5.75 Å². The molecule has 1 rings (SSSR count). The zero-order chi connectivity index (χ0) is 8.10. The van der Waals surface area contributed by atoms with Gasteiger partial charge in [0.05, 0.1) is 0 Å². The van der Waals surface area contributed by atoms with Crippen molar-refractivity contribution in [3.63, 3.8) is 0 Å². The second-order valence-electron chi connectivity index (χ2n) is 1.81. The lowest BCUT2D eigenvalue weighted by atomic mass is 10.3. The molecule has 0 saturated carbocycles. The Hall–Kier alpha value is -0.630. The van der Waals surface area contributed by atoms with Gasteiger partial charge in [-0.05, 0) is 12.1 Å². The minimum Gasteiger partial charge on any atom is -0.776 e. The molecule has 3 nitrogen and oxygen atoms in total. The Kier molecular flexibility index (Phi) is 3.30. The first-order valence-corrected chi connectivity index (χ1v) is 4.17. The van der Waals surface area contributed by atoms with E-state index < -0.39 is 8.60 Å². The molecule has 0 bridgehead atoms. The van der Waals surface area contributed by atoms with E-state index in [4.69, 9.17) is 4.52 Å². The molecule has 1 atom stereocenters. The lowest BCUT2D eigenvalue weighted by Crippen LogP contribution is -2.02. The summed E-state index contributed by atoms with van der Waals surface area (Å²) in [6, 6.07) is 8.88. The predicted molar refractivity (Wildman–Crippen MR) is 41.0 cm³/mol. The van der Waals surface area contributed by atoms with Crippen LogP contribution in [0, 0.1) is 0 Å². The Labute approximate surface area is 66.6 Å². The van der Waals surface area contributed by atoms with Gasteiger partial charge in [0.25, 0.3) is 0 Å². The Morgan fingerprint density at radius 2 is 1.91 bits per heavy atom. The summed E-state index contributed by atoms with van der Waals surface area (Å²) in [5.74, 6) is 0.551. The summed E-state index contributed by atoms with van der Waals surface area (Å²) in [5.41, 5.74) is 0. The molecule has 0 N–H and O–H groups in total. The van der Waals surface area contributed by atoms with Crippen LogP contribution in [0.4, 0.5) is 0 Å². The Balaban J connectivity index is 2.51. The summed E-state index contributed by atoms with van der Waals surface area (Å²) in [6.45, 7) is 0. The highest BCUT2D eigenvalue weighted by Crippen LogP contribution is 2.28. The van der Waals surface area contributed by atoms with E-state index in [1.807, 2.05) is 6.07 Å². The van der Waals surface area contributed by atoms with Crippen LogP contribution in [0.5, 0.6) is 5.75 Å². The molecule has 0 aliphatic carbocycles. The van der Waals surface area contributed by atoms with E-state index in [9.17, 15) is 4.89 Å². The van der Waals surface area contributed by atoms with Gasteiger partial charge in [-0.1, -0.05) is 18.2 Å². The first-order chi connectivity index (χ1) is 5.33. The maximum atomic E-state index is 10.7. The van der Waals surface area contributed by atoms with E-state index in [1.165, 1.54) is 7.11 Å². The minimum absolute atomic E-state index is 0.551. The molecule has 0 aromatic heterocycles. The fraction of sp³-hybridized carbons (Fsp3) is 0.143. The molecule has 1 aromatic carbocycles. The topological polar surface area (TPSA) is 41.5 Å². The molecule has 60 valence electrons. The number of hydrogen-bond acceptors (Lipinski definition) is 3. The summed E-state index contributed by atoms with van der Waals surface area (Å²) in [4.78, 5) is 10.7. The normalized spacial score (nSPS) is 12.5. The molecular weight excluding hydrogens is 163 g/mol. The minimum atomic E-state index is -2.00. The third kappa shape index (κ3) is 2.85. The van der Waals surface area contributed by atoms with Crippen molar-refractivity contribution >= 4 is 8.60 Å². The summed E-state index contributed by atoms with van der Waals surface area (Å²) >= 11 is 0. The van der Waals surface area contributed by atoms with Crippen molar-refractivity contribution in [3.8, 4) is 5.75 Å². The third-order valence-electron chi connectivity index (χ3n) is 1.07. The van der Waals surface area contributed by atoms with Gasteiger partial charge in [-0.15, -0.1) is 0 Å². The van der Waals surface area contributed by atoms with Crippen molar-refractivity contribution in [2.75, 3.05) is 7.11 Å². The van der Waals surface area contributed by atoms with E-state index in [1.54, 1.807) is 24.3 Å². The summed E-state index contributed by atoms with van der Waals surface area (Å²) < 4.78 is 9.29. The van der Waals surface area contributed by atoms with Crippen LogP contribution in [-0.4, -0.2) is 7.11 Å². The number of benzene rings is 1. The average molecular weight is 171 g/mol. The highest BCUT2D eigenvalue weighted by molar-refractivity contribution is 7.39. The molecule has 0 fully saturated rings. The number of para-hydroxylation sites is 1. The molecule has 0 heterocycles. The molecule has 0 spiro atoms. The predicted octanol–water partition coefficient (Wildman–Crippen LogP) is 1.30. The number of rotatable bonds is 3. The zero-order valence-electron chi connectivity index (χ0n) is 6.06. The largest absolute Gasteiger partial charge is 0.776 e. The Morgan fingerprint density at radius 3 is 2.45 bits per heavy atom. The van der Waals surface area contributed by atoms with E-state index in [2.05, 4.69) is 4.52 Å². The summed E-state index contributed by atoms with van der Waals surface area (Å²) in [6.07, 6.45) is 0. The van der Waals surface area contributed by atoms with Crippen LogP contribution in [0.1, 0.15) is 0 Å². The zero-order valence-corrected chi connectivity index (χ0v) is 6.95. The monoisotopic (exact) mass is 171 g/mol. The average Bonchev–Trinajstić information content (AvgIpc) is 2.06. The van der Waals surface area contributed by atoms with Crippen molar-refractivity contribution in [3.05, 3.63) is 30.3 Å². The molecular formula is C7H8O3P-. The molecule has 11 heavy (non-hydrogen) atoms. The highest BCUT2D eigenvalue weighted by Gasteiger charge is 1.93. The molecule has 4 heteroatoms. The molecule has 1 aromatic rings. The van der Waals surface area contributed by atoms with Gasteiger partial charge in [-0.2, -0.15) is 0 Å². The highest BCUT2D eigenvalue weighted by atomic mass is 31.2. The maximum Gasteiger partial charge on any atom is 0.147 e. The van der Waals surface area contributed by atoms with Crippen LogP contribution >= 0.6 is 8.60 Å². The van der Waals surface area contributed by atoms with E-state index in [0.717, 1.165) is 0 Å². The van der Waals surface area contributed by atoms with Gasteiger partial charge in [-0.3, -0.25) is 0 Å². The van der Waals surface area contributed by atoms with Gasteiger partial charge in [0.2, 0.25) is 0 Å². The van der Waals surface area contributed by atoms with Crippen LogP contribution in [0.2, 0.25) is 0 Å². The van der Waals surface area contributed by atoms with Crippen molar-refractivity contribution < 1.29 is 13.9 Å². The van der Waals surface area contributed by atoms with Gasteiger partial charge >= 0.3 is 0 Å². The molecule has 0 aliphatic heterocycles. The molecule has 0 radical (unpaired) electrons. The standard InChI is InChI=1S/C7H8O3P/c1-9-11(8)10-7-5-3-2-4-6-7/h2-6H,1H3/q-1. The van der Waals surface area contributed by atoms with Gasteiger partial charge in [0.15, 0.2) is 0 Å². The summed E-state index contributed by atoms with van der Waals surface area (Å²) in [5, 5.41) is 0. The lowest BCUT2D eigenvalue weighted by molar-refractivity contribution is -0.194. The summed E-state index contributed by atoms with van der Waals surface area (Å²) in [7, 11) is -0.670. The second-order valence-corrected chi connectivity index (χ2v) is 2.81. The fourth-order valence-corrected chi connectivity index (χ4v) is 0.973. The third-order valence-corrected chi connectivity index (χ3v) is 1.73. The molecule has 0 aliphatic rings. The van der Waals surface area contributed by atoms with Crippen molar-refractivity contribution in [1.82, 2.24) is 0 Å². The smallest absolute Gasteiger partial charge is 0.147 e. The number of hydrogen-bond donors (Lipinski definition) is 0. The van der Waals surface area contributed by atoms with Gasteiger partial charge < -0.3 is 13.9 Å². The van der Waals surface area contributed by atoms with Crippen molar-refractivity contribution in [2.45, 2.75) is 0 Å². The van der Waals surface area contributed by atoms with Gasteiger partial charge in [-0.25, -0.2) is 0 Å². The Bertz CT molecular complexity index is 202. The SMILES string of the molecule is COP([O-])Oc1ccccc1. The van der Waals surface area contributed by atoms with Crippen molar-refractivity contribution in [2.24, 2.45) is 0 Å². The van der Waals surface area contributed by atoms with Crippen LogP contribution < -0.4 is 9.42 Å². The lowest BCUT2D eigenvalue weighted by Gasteiger charge is -2.19. The quantitative estimate of drug-likeness (QED) is 0.643. The van der Waals surface area contributed by atoms with Crippen LogP contribution in [-0.2, 0) is 4.52 Å². The van der Waals surface area contributed by atoms with Crippen LogP contribution in [0.25, 0.3) is 0 Å². The first-order valence-electron chi connectivity index (χ1n) is 3.07. The van der Waals surface area contributed by atoms with E-state index >= 15 is 0 Å². The van der Waals surface area contributed by atoms with Crippen molar-refractivity contribution in [1.29, 1.82) is 0 Å². The van der Waals surface area contributed by atoms with Gasteiger partial charge in [0.1, 0.15) is 14.4 Å². The molecule has 0 saturated heterocycles. The van der Waals surface area contributed by atoms with Crippen LogP contribution in [0.15, 0.2) is 30.3 Å². The molecule has 0 amide bonds. The van der Waals surface area contributed by atoms with Crippen LogP contribution in [0.3, 0.4) is 0 Å². The van der Waals surface area contributed by atoms with Gasteiger partial charge in [0, 0.05) is 7.11 Å². The fourth-order valence-electron chi connectivity index (χ4n) is 0.605.